The molecule has 0 unspecified atom stereocenters. The molecule has 1 atom stereocenters. The van der Waals surface area contributed by atoms with Crippen molar-refractivity contribution in [2.24, 2.45) is 5.92 Å². The molecule has 4 heterocycles. The first kappa shape index (κ1) is 27.3. The third-order valence-corrected chi connectivity index (χ3v) is 8.49. The molecule has 0 saturated carbocycles. The van der Waals surface area contributed by atoms with Crippen molar-refractivity contribution in [1.82, 2.24) is 14.8 Å². The highest BCUT2D eigenvalue weighted by Crippen LogP contribution is 2.46. The van der Waals surface area contributed by atoms with E-state index in [-0.39, 0.29) is 23.6 Å². The molecular formula is C30H33F3N6O2. The fourth-order valence-electron chi connectivity index (χ4n) is 6.39. The van der Waals surface area contributed by atoms with E-state index in [1.807, 2.05) is 17.0 Å². The number of carbonyl (C=O) groups excluding carboxylic acids is 1. The summed E-state index contributed by atoms with van der Waals surface area (Å²) in [5.74, 6) is -1.89. The summed E-state index contributed by atoms with van der Waals surface area (Å²) in [6.07, 6.45) is 3.31. The van der Waals surface area contributed by atoms with Crippen LogP contribution in [0.2, 0.25) is 0 Å². The molecule has 3 N–H and O–H groups in total. The molecule has 3 aliphatic rings. The van der Waals surface area contributed by atoms with Crippen LogP contribution in [-0.2, 0) is 11.3 Å². The van der Waals surface area contributed by atoms with Crippen molar-refractivity contribution >= 4 is 28.8 Å². The number of benzene rings is 2. The lowest BCUT2D eigenvalue weighted by Gasteiger charge is -2.41. The predicted molar refractivity (Wildman–Crippen MR) is 150 cm³/mol. The predicted octanol–water partition coefficient (Wildman–Crippen LogP) is 4.22. The number of nitrogen functional groups attached to an aromatic ring is 1. The van der Waals surface area contributed by atoms with Crippen molar-refractivity contribution in [2.45, 2.75) is 44.6 Å². The Morgan fingerprint density at radius 3 is 2.37 bits per heavy atom. The second kappa shape index (κ2) is 11.2. The number of nitrogens with zero attached hydrogens (tertiary/aromatic N) is 5. The zero-order chi connectivity index (χ0) is 28.7. The number of aliphatic hydroxyl groups is 1. The Morgan fingerprint density at radius 1 is 0.902 bits per heavy atom. The number of amides is 1. The molecule has 8 nitrogen and oxygen atoms in total. The molecule has 2 aromatic carbocycles. The first-order chi connectivity index (χ1) is 19.8. The summed E-state index contributed by atoms with van der Waals surface area (Å²) in [4.78, 5) is 24.9. The number of likely N-dealkylation sites (tertiary alicyclic amines) is 2. The number of aromatic nitrogens is 1. The number of fused-ring (bicyclic) bond motifs is 1. The van der Waals surface area contributed by atoms with Crippen LogP contribution in [0.3, 0.4) is 0 Å². The Hall–Kier alpha value is -3.83. The molecule has 1 amide bonds. The fraction of sp³-hybridized carbons (Fsp3) is 0.400. The van der Waals surface area contributed by atoms with Crippen LogP contribution in [-0.4, -0.2) is 64.4 Å². The van der Waals surface area contributed by atoms with Gasteiger partial charge in [-0.05, 0) is 86.8 Å². The van der Waals surface area contributed by atoms with Crippen LogP contribution in [0.15, 0.2) is 54.7 Å². The molecule has 0 bridgehead atoms. The Kier molecular flexibility index (Phi) is 7.48. The second-order valence-corrected chi connectivity index (χ2v) is 11.1. The molecule has 6 rings (SSSR count). The number of aliphatic hydroxyl groups excluding tert-OH is 1. The highest BCUT2D eigenvalue weighted by atomic mass is 19.2. The number of piperidine rings is 2. The third kappa shape index (κ3) is 5.43. The van der Waals surface area contributed by atoms with Gasteiger partial charge >= 0.3 is 0 Å². The third-order valence-electron chi connectivity index (χ3n) is 8.49. The standard InChI is InChI=1S/C30H33F3N6O2/c31-21-1-4-26-27(16-21)39(23-2-3-24(32)25(33)17-23)30(41)38(26)22-8-13-37(14-9-22)29(40)20-6-11-36(12-7-20)18-19-5-10-35-28(34)15-19/h1-5,10,15-17,20,22,30,41H,6-9,11-14,18H2,(H2,34,35)/t30-/m0/s1. The van der Waals surface area contributed by atoms with E-state index in [9.17, 15) is 23.1 Å². The van der Waals surface area contributed by atoms with Gasteiger partial charge in [-0.2, -0.15) is 0 Å². The topological polar surface area (TPSA) is 89.2 Å². The number of nitrogens with two attached hydrogens (primary N) is 1. The maximum Gasteiger partial charge on any atom is 0.225 e. The summed E-state index contributed by atoms with van der Waals surface area (Å²) < 4.78 is 41.9. The van der Waals surface area contributed by atoms with Gasteiger partial charge < -0.3 is 20.6 Å². The minimum atomic E-state index is -1.23. The van der Waals surface area contributed by atoms with Crippen LogP contribution in [0.5, 0.6) is 0 Å². The van der Waals surface area contributed by atoms with Crippen LogP contribution in [0.1, 0.15) is 31.2 Å². The Bertz CT molecular complexity index is 1430. The van der Waals surface area contributed by atoms with E-state index in [2.05, 4.69) is 9.88 Å². The molecule has 2 fully saturated rings. The highest BCUT2D eigenvalue weighted by molar-refractivity contribution is 5.84. The molecule has 3 aromatic rings. The van der Waals surface area contributed by atoms with Gasteiger partial charge in [-0.15, -0.1) is 0 Å². The molecule has 216 valence electrons. The van der Waals surface area contributed by atoms with E-state index >= 15 is 0 Å². The van der Waals surface area contributed by atoms with Gasteiger partial charge in [0.2, 0.25) is 12.3 Å². The second-order valence-electron chi connectivity index (χ2n) is 11.1. The van der Waals surface area contributed by atoms with Gasteiger partial charge in [0, 0.05) is 49.5 Å². The molecule has 0 radical (unpaired) electrons. The molecule has 3 aliphatic heterocycles. The minimum Gasteiger partial charge on any atom is -0.384 e. The molecular weight excluding hydrogens is 533 g/mol. The SMILES string of the molecule is Nc1cc(CN2CCC(C(=O)N3CCC(N4c5ccc(F)cc5N(c5ccc(F)c(F)c5)[C@H]4O)CC3)CC2)ccn1. The molecule has 11 heteroatoms. The van der Waals surface area contributed by atoms with Crippen molar-refractivity contribution < 1.29 is 23.1 Å². The van der Waals surface area contributed by atoms with Gasteiger partial charge in [-0.3, -0.25) is 14.6 Å². The zero-order valence-corrected chi connectivity index (χ0v) is 22.6. The van der Waals surface area contributed by atoms with Gasteiger partial charge in [-0.25, -0.2) is 18.2 Å². The molecule has 0 aliphatic carbocycles. The minimum absolute atomic E-state index is 0.0183. The maximum atomic E-state index is 14.2. The number of hydrogen-bond donors (Lipinski definition) is 2. The number of anilines is 4. The summed E-state index contributed by atoms with van der Waals surface area (Å²) in [5.41, 5.74) is 8.12. The van der Waals surface area contributed by atoms with E-state index in [1.165, 1.54) is 23.1 Å². The Morgan fingerprint density at radius 2 is 1.66 bits per heavy atom. The van der Waals surface area contributed by atoms with Crippen molar-refractivity contribution in [1.29, 1.82) is 0 Å². The Balaban J connectivity index is 1.09. The number of rotatable bonds is 5. The average Bonchev–Trinajstić information content (AvgIpc) is 3.25. The van der Waals surface area contributed by atoms with E-state index in [0.717, 1.165) is 50.2 Å². The van der Waals surface area contributed by atoms with Crippen molar-refractivity contribution in [2.75, 3.05) is 41.7 Å². The summed E-state index contributed by atoms with van der Waals surface area (Å²) in [6, 6.07) is 11.3. The normalized spacial score (nSPS) is 20.5. The number of halogens is 3. The van der Waals surface area contributed by atoms with Crippen molar-refractivity contribution in [3.63, 3.8) is 0 Å². The number of hydrogen-bond acceptors (Lipinski definition) is 7. The molecule has 0 spiro atoms. The van der Waals surface area contributed by atoms with E-state index in [1.54, 1.807) is 17.2 Å². The fourth-order valence-corrected chi connectivity index (χ4v) is 6.39. The lowest BCUT2D eigenvalue weighted by molar-refractivity contribution is -0.138. The van der Waals surface area contributed by atoms with Crippen molar-refractivity contribution in [3.05, 3.63) is 77.7 Å². The van der Waals surface area contributed by atoms with Gasteiger partial charge in [-0.1, -0.05) is 0 Å². The van der Waals surface area contributed by atoms with E-state index in [4.69, 9.17) is 5.73 Å². The molecule has 2 saturated heterocycles. The number of pyridine rings is 1. The number of carbonyl (C=O) groups is 1. The average molecular weight is 567 g/mol. The monoisotopic (exact) mass is 566 g/mol. The summed E-state index contributed by atoms with van der Waals surface area (Å²) in [6.45, 7) is 3.55. The van der Waals surface area contributed by atoms with Crippen molar-refractivity contribution in [3.8, 4) is 0 Å². The lowest BCUT2D eigenvalue weighted by atomic mass is 9.93. The van der Waals surface area contributed by atoms with Crippen LogP contribution >= 0.6 is 0 Å². The molecule has 41 heavy (non-hydrogen) atoms. The largest absolute Gasteiger partial charge is 0.384 e. The maximum absolute atomic E-state index is 14.2. The van der Waals surface area contributed by atoms with Crippen LogP contribution < -0.4 is 15.5 Å². The van der Waals surface area contributed by atoms with Gasteiger partial charge in [0.15, 0.2) is 11.6 Å². The van der Waals surface area contributed by atoms with Gasteiger partial charge in [0.05, 0.1) is 11.4 Å². The first-order valence-corrected chi connectivity index (χ1v) is 14.0. The zero-order valence-electron chi connectivity index (χ0n) is 22.6. The highest BCUT2D eigenvalue weighted by Gasteiger charge is 2.42. The van der Waals surface area contributed by atoms with E-state index in [0.29, 0.717) is 43.1 Å². The van der Waals surface area contributed by atoms with Gasteiger partial charge in [0.1, 0.15) is 11.6 Å². The van der Waals surface area contributed by atoms with E-state index < -0.39 is 23.8 Å². The summed E-state index contributed by atoms with van der Waals surface area (Å²) >= 11 is 0. The smallest absolute Gasteiger partial charge is 0.225 e. The lowest BCUT2D eigenvalue weighted by Crippen LogP contribution is -2.53. The van der Waals surface area contributed by atoms with Crippen LogP contribution in [0.4, 0.5) is 36.1 Å². The summed E-state index contributed by atoms with van der Waals surface area (Å²) in [5, 5.41) is 11.4. The van der Waals surface area contributed by atoms with Crippen LogP contribution in [0.25, 0.3) is 0 Å². The summed E-state index contributed by atoms with van der Waals surface area (Å²) in [7, 11) is 0. The van der Waals surface area contributed by atoms with Gasteiger partial charge in [0.25, 0.3) is 0 Å². The quantitative estimate of drug-likeness (QED) is 0.478. The Labute approximate surface area is 236 Å². The first-order valence-electron chi connectivity index (χ1n) is 14.0. The molecule has 1 aromatic heterocycles. The van der Waals surface area contributed by atoms with Crippen LogP contribution in [0, 0.1) is 23.4 Å².